The highest BCUT2D eigenvalue weighted by Crippen LogP contribution is 2.14. The molecule has 0 bridgehead atoms. The molecule has 1 aromatic carbocycles. The molecule has 122 valence electrons. The average molecular weight is 312 g/mol. The Balaban J connectivity index is 1.88. The first-order valence-corrected chi connectivity index (χ1v) is 8.08. The van der Waals surface area contributed by atoms with Crippen LogP contribution in [0.1, 0.15) is 36.5 Å². The summed E-state index contributed by atoms with van der Waals surface area (Å²) in [5.41, 5.74) is 3.09. The minimum atomic E-state index is -0.000962. The predicted octanol–water partition coefficient (Wildman–Crippen LogP) is 3.43. The SMILES string of the molecule is CCCCOc1ncccc1CNC(=O)Cc1cccc(C)c1. The lowest BCUT2D eigenvalue weighted by atomic mass is 10.1. The first-order valence-electron chi connectivity index (χ1n) is 8.08. The molecule has 4 nitrogen and oxygen atoms in total. The molecule has 1 heterocycles. The van der Waals surface area contributed by atoms with Gasteiger partial charge in [0.25, 0.3) is 0 Å². The second-order valence-electron chi connectivity index (χ2n) is 5.61. The van der Waals surface area contributed by atoms with Crippen molar-refractivity contribution < 1.29 is 9.53 Å². The van der Waals surface area contributed by atoms with Crippen molar-refractivity contribution in [3.8, 4) is 5.88 Å². The summed E-state index contributed by atoms with van der Waals surface area (Å²) in [4.78, 5) is 16.3. The summed E-state index contributed by atoms with van der Waals surface area (Å²) in [5, 5.41) is 2.94. The highest BCUT2D eigenvalue weighted by atomic mass is 16.5. The molecule has 4 heteroatoms. The lowest BCUT2D eigenvalue weighted by Crippen LogP contribution is -2.25. The molecule has 0 aliphatic rings. The minimum Gasteiger partial charge on any atom is -0.477 e. The van der Waals surface area contributed by atoms with Crippen molar-refractivity contribution in [3.63, 3.8) is 0 Å². The molecule has 0 atom stereocenters. The van der Waals surface area contributed by atoms with E-state index in [0.717, 1.165) is 29.5 Å². The van der Waals surface area contributed by atoms with Crippen LogP contribution in [0, 0.1) is 6.92 Å². The maximum Gasteiger partial charge on any atom is 0.224 e. The van der Waals surface area contributed by atoms with E-state index in [1.54, 1.807) is 6.20 Å². The number of pyridine rings is 1. The Kier molecular flexibility index (Phi) is 6.60. The molecular weight excluding hydrogens is 288 g/mol. The highest BCUT2D eigenvalue weighted by Gasteiger charge is 2.08. The fourth-order valence-electron chi connectivity index (χ4n) is 2.27. The fourth-order valence-corrected chi connectivity index (χ4v) is 2.27. The summed E-state index contributed by atoms with van der Waals surface area (Å²) < 4.78 is 5.68. The van der Waals surface area contributed by atoms with Crippen LogP contribution < -0.4 is 10.1 Å². The number of nitrogens with one attached hydrogen (secondary N) is 1. The average Bonchev–Trinajstić information content (AvgIpc) is 2.54. The summed E-state index contributed by atoms with van der Waals surface area (Å²) in [5.74, 6) is 0.607. The largest absolute Gasteiger partial charge is 0.477 e. The zero-order valence-electron chi connectivity index (χ0n) is 13.8. The van der Waals surface area contributed by atoms with Gasteiger partial charge >= 0.3 is 0 Å². The first kappa shape index (κ1) is 17.0. The number of ether oxygens (including phenoxy) is 1. The van der Waals surface area contributed by atoms with E-state index in [-0.39, 0.29) is 5.91 Å². The van der Waals surface area contributed by atoms with Crippen LogP contribution in [0.4, 0.5) is 0 Å². The lowest BCUT2D eigenvalue weighted by molar-refractivity contribution is -0.120. The zero-order valence-corrected chi connectivity index (χ0v) is 13.8. The van der Waals surface area contributed by atoms with Crippen LogP contribution in [-0.4, -0.2) is 17.5 Å². The second kappa shape index (κ2) is 8.93. The lowest BCUT2D eigenvalue weighted by Gasteiger charge is -2.11. The third-order valence-electron chi connectivity index (χ3n) is 3.51. The zero-order chi connectivity index (χ0) is 16.5. The molecular formula is C19H24N2O2. The molecule has 0 aliphatic carbocycles. The molecule has 2 aromatic rings. The van der Waals surface area contributed by atoms with Gasteiger partial charge < -0.3 is 10.1 Å². The molecule has 1 N–H and O–H groups in total. The highest BCUT2D eigenvalue weighted by molar-refractivity contribution is 5.78. The van der Waals surface area contributed by atoms with Crippen molar-refractivity contribution in [1.29, 1.82) is 0 Å². The Morgan fingerprint density at radius 3 is 2.91 bits per heavy atom. The van der Waals surface area contributed by atoms with Gasteiger partial charge in [-0.3, -0.25) is 4.79 Å². The normalized spacial score (nSPS) is 10.3. The number of hydrogen-bond acceptors (Lipinski definition) is 3. The van der Waals surface area contributed by atoms with Crippen LogP contribution in [0.15, 0.2) is 42.6 Å². The number of unbranched alkanes of at least 4 members (excludes halogenated alkanes) is 1. The van der Waals surface area contributed by atoms with E-state index in [0.29, 0.717) is 25.5 Å². The Labute approximate surface area is 137 Å². The second-order valence-corrected chi connectivity index (χ2v) is 5.61. The number of amides is 1. The van der Waals surface area contributed by atoms with Gasteiger partial charge in [-0.15, -0.1) is 0 Å². The van der Waals surface area contributed by atoms with Gasteiger partial charge in [0.1, 0.15) is 0 Å². The van der Waals surface area contributed by atoms with Gasteiger partial charge in [-0.1, -0.05) is 49.2 Å². The van der Waals surface area contributed by atoms with Crippen molar-refractivity contribution in [2.45, 2.75) is 39.7 Å². The number of nitrogens with zero attached hydrogens (tertiary/aromatic N) is 1. The van der Waals surface area contributed by atoms with Crippen molar-refractivity contribution in [3.05, 3.63) is 59.3 Å². The Morgan fingerprint density at radius 1 is 1.26 bits per heavy atom. The Hall–Kier alpha value is -2.36. The maximum atomic E-state index is 12.1. The standard InChI is InChI=1S/C19H24N2O2/c1-3-4-11-23-19-17(9-6-10-20-19)14-21-18(22)13-16-8-5-7-15(2)12-16/h5-10,12H,3-4,11,13-14H2,1-2H3,(H,21,22). The van der Waals surface area contributed by atoms with Gasteiger partial charge in [-0.25, -0.2) is 4.98 Å². The Morgan fingerprint density at radius 2 is 2.13 bits per heavy atom. The number of carbonyl (C=O) groups is 1. The molecule has 2 rings (SSSR count). The third-order valence-corrected chi connectivity index (χ3v) is 3.51. The quantitative estimate of drug-likeness (QED) is 0.760. The van der Waals surface area contributed by atoms with Gasteiger partial charge in [-0.05, 0) is 25.0 Å². The molecule has 0 unspecified atom stereocenters. The van der Waals surface area contributed by atoms with Gasteiger partial charge in [0.05, 0.1) is 13.0 Å². The number of carbonyl (C=O) groups excluding carboxylic acids is 1. The van der Waals surface area contributed by atoms with E-state index in [2.05, 4.69) is 17.2 Å². The number of aromatic nitrogens is 1. The molecule has 1 aromatic heterocycles. The first-order chi connectivity index (χ1) is 11.2. The summed E-state index contributed by atoms with van der Waals surface area (Å²) in [6.45, 7) is 5.23. The fraction of sp³-hybridized carbons (Fsp3) is 0.368. The van der Waals surface area contributed by atoms with Crippen LogP contribution >= 0.6 is 0 Å². The van der Waals surface area contributed by atoms with Crippen LogP contribution in [0.3, 0.4) is 0 Å². The van der Waals surface area contributed by atoms with E-state index in [1.165, 1.54) is 0 Å². The van der Waals surface area contributed by atoms with Crippen LogP contribution in [0.5, 0.6) is 5.88 Å². The molecule has 0 saturated heterocycles. The van der Waals surface area contributed by atoms with Crippen LogP contribution in [-0.2, 0) is 17.8 Å². The van der Waals surface area contributed by atoms with Crippen LogP contribution in [0.25, 0.3) is 0 Å². The van der Waals surface area contributed by atoms with E-state index in [9.17, 15) is 4.79 Å². The topological polar surface area (TPSA) is 51.2 Å². The van der Waals surface area contributed by atoms with E-state index < -0.39 is 0 Å². The summed E-state index contributed by atoms with van der Waals surface area (Å²) in [6.07, 6.45) is 4.17. The molecule has 0 spiro atoms. The number of rotatable bonds is 8. The van der Waals surface area contributed by atoms with Crippen molar-refractivity contribution in [2.75, 3.05) is 6.61 Å². The number of aryl methyl sites for hydroxylation is 1. The smallest absolute Gasteiger partial charge is 0.224 e. The maximum absolute atomic E-state index is 12.1. The molecule has 1 amide bonds. The van der Waals surface area contributed by atoms with Gasteiger partial charge in [0.15, 0.2) is 0 Å². The van der Waals surface area contributed by atoms with Crippen molar-refractivity contribution in [2.24, 2.45) is 0 Å². The molecule has 0 fully saturated rings. The molecule has 0 aliphatic heterocycles. The molecule has 0 saturated carbocycles. The number of benzene rings is 1. The minimum absolute atomic E-state index is 0.000962. The van der Waals surface area contributed by atoms with E-state index >= 15 is 0 Å². The summed E-state index contributed by atoms with van der Waals surface area (Å²) >= 11 is 0. The summed E-state index contributed by atoms with van der Waals surface area (Å²) in [6, 6.07) is 11.8. The predicted molar refractivity (Wildman–Crippen MR) is 91.4 cm³/mol. The van der Waals surface area contributed by atoms with Crippen molar-refractivity contribution in [1.82, 2.24) is 10.3 Å². The monoisotopic (exact) mass is 312 g/mol. The van der Waals surface area contributed by atoms with Gasteiger partial charge in [0.2, 0.25) is 11.8 Å². The van der Waals surface area contributed by atoms with Crippen LogP contribution in [0.2, 0.25) is 0 Å². The molecule has 23 heavy (non-hydrogen) atoms. The Bertz CT molecular complexity index is 641. The third kappa shape index (κ3) is 5.74. The van der Waals surface area contributed by atoms with E-state index in [4.69, 9.17) is 4.74 Å². The van der Waals surface area contributed by atoms with Gasteiger partial charge in [0, 0.05) is 18.3 Å². The summed E-state index contributed by atoms with van der Waals surface area (Å²) in [7, 11) is 0. The van der Waals surface area contributed by atoms with E-state index in [1.807, 2.05) is 43.3 Å². The van der Waals surface area contributed by atoms with Crippen molar-refractivity contribution >= 4 is 5.91 Å². The van der Waals surface area contributed by atoms with Gasteiger partial charge in [-0.2, -0.15) is 0 Å². The molecule has 0 radical (unpaired) electrons. The number of hydrogen-bond donors (Lipinski definition) is 1.